The molecule has 0 bridgehead atoms. The van der Waals surface area contributed by atoms with Crippen LogP contribution in [0.3, 0.4) is 0 Å². The Labute approximate surface area is 193 Å². The Morgan fingerprint density at radius 3 is 1.45 bits per heavy atom. The van der Waals surface area contributed by atoms with Gasteiger partial charge in [-0.05, 0) is 91.6 Å². The fourth-order valence-electron chi connectivity index (χ4n) is 3.88. The zero-order valence-electron chi connectivity index (χ0n) is 19.2. The first-order valence-corrected chi connectivity index (χ1v) is 11.6. The van der Waals surface area contributed by atoms with Gasteiger partial charge in [0.2, 0.25) is 0 Å². The monoisotopic (exact) mass is 458 g/mol. The molecule has 3 aromatic carbocycles. The number of hydrogen-bond acceptors (Lipinski definition) is 1. The van der Waals surface area contributed by atoms with Crippen molar-refractivity contribution in [3.05, 3.63) is 99.6 Å². The molecule has 0 radical (unpaired) electrons. The molecule has 0 atom stereocenters. The van der Waals surface area contributed by atoms with Crippen LogP contribution in [0.25, 0.3) is 0 Å². The number of rotatable bonds is 11. The summed E-state index contributed by atoms with van der Waals surface area (Å²) in [4.78, 5) is 0. The molecule has 0 fully saturated rings. The van der Waals surface area contributed by atoms with Crippen LogP contribution >= 0.6 is 0 Å². The predicted octanol–water partition coefficient (Wildman–Crippen LogP) is 7.55. The quantitative estimate of drug-likeness (QED) is 0.270. The predicted molar refractivity (Wildman–Crippen MR) is 124 cm³/mol. The molecule has 33 heavy (non-hydrogen) atoms. The minimum atomic E-state index is -0.632. The van der Waals surface area contributed by atoms with E-state index in [0.29, 0.717) is 30.6 Å². The summed E-state index contributed by atoms with van der Waals surface area (Å²) in [7, 11) is 0. The van der Waals surface area contributed by atoms with Crippen molar-refractivity contribution in [2.24, 2.45) is 0 Å². The summed E-state index contributed by atoms with van der Waals surface area (Å²) in [6.07, 6.45) is 3.20. The van der Waals surface area contributed by atoms with Gasteiger partial charge in [-0.25, -0.2) is 17.6 Å². The molecule has 0 saturated carbocycles. The van der Waals surface area contributed by atoms with E-state index in [1.165, 1.54) is 24.3 Å². The van der Waals surface area contributed by atoms with E-state index in [1.807, 2.05) is 38.1 Å². The van der Waals surface area contributed by atoms with Crippen LogP contribution in [0.1, 0.15) is 54.5 Å². The summed E-state index contributed by atoms with van der Waals surface area (Å²) in [6.45, 7) is 4.62. The third-order valence-corrected chi connectivity index (χ3v) is 5.66. The van der Waals surface area contributed by atoms with Crippen LogP contribution in [-0.4, -0.2) is 6.61 Å². The van der Waals surface area contributed by atoms with Crippen LogP contribution in [0.5, 0.6) is 5.75 Å². The Morgan fingerprint density at radius 2 is 1.00 bits per heavy atom. The van der Waals surface area contributed by atoms with Crippen LogP contribution in [-0.2, 0) is 32.1 Å². The highest BCUT2D eigenvalue weighted by atomic mass is 19.1. The van der Waals surface area contributed by atoms with E-state index >= 15 is 0 Å². The van der Waals surface area contributed by atoms with Crippen molar-refractivity contribution in [3.8, 4) is 5.75 Å². The highest BCUT2D eigenvalue weighted by molar-refractivity contribution is 5.32. The lowest BCUT2D eigenvalue weighted by molar-refractivity contribution is 0.317. The lowest BCUT2D eigenvalue weighted by Gasteiger charge is -2.11. The van der Waals surface area contributed by atoms with E-state index in [2.05, 4.69) is 0 Å². The third-order valence-electron chi connectivity index (χ3n) is 5.66. The molecule has 0 amide bonds. The van der Waals surface area contributed by atoms with Crippen LogP contribution in [0.2, 0.25) is 0 Å². The first-order chi connectivity index (χ1) is 15.9. The second kappa shape index (κ2) is 11.9. The van der Waals surface area contributed by atoms with E-state index in [0.717, 1.165) is 24.2 Å². The van der Waals surface area contributed by atoms with Gasteiger partial charge >= 0.3 is 0 Å². The molecule has 176 valence electrons. The molecule has 0 aromatic heterocycles. The summed E-state index contributed by atoms with van der Waals surface area (Å²) < 4.78 is 63.4. The minimum absolute atomic E-state index is 0.0198. The van der Waals surface area contributed by atoms with Gasteiger partial charge in [0.15, 0.2) is 0 Å². The molecular formula is C28H30F4O. The van der Waals surface area contributed by atoms with E-state index in [9.17, 15) is 17.6 Å². The summed E-state index contributed by atoms with van der Waals surface area (Å²) in [5.74, 6) is -1.71. The third kappa shape index (κ3) is 6.83. The molecule has 3 rings (SSSR count). The van der Waals surface area contributed by atoms with Crippen molar-refractivity contribution in [2.75, 3.05) is 6.61 Å². The van der Waals surface area contributed by atoms with E-state index < -0.39 is 23.3 Å². The number of ether oxygens (including phenoxy) is 1. The molecule has 0 aliphatic carbocycles. The minimum Gasteiger partial charge on any atom is -0.494 e. The van der Waals surface area contributed by atoms with Crippen molar-refractivity contribution >= 4 is 0 Å². The maximum atomic E-state index is 14.6. The van der Waals surface area contributed by atoms with Crippen LogP contribution in [0, 0.1) is 23.3 Å². The molecule has 0 spiro atoms. The lowest BCUT2D eigenvalue weighted by atomic mass is 9.98. The van der Waals surface area contributed by atoms with Gasteiger partial charge in [-0.1, -0.05) is 32.4 Å². The smallest absolute Gasteiger partial charge is 0.129 e. The van der Waals surface area contributed by atoms with Crippen molar-refractivity contribution < 1.29 is 22.3 Å². The van der Waals surface area contributed by atoms with Gasteiger partial charge in [-0.15, -0.1) is 0 Å². The summed E-state index contributed by atoms with van der Waals surface area (Å²) in [6, 6.07) is 12.7. The second-order valence-corrected chi connectivity index (χ2v) is 8.32. The van der Waals surface area contributed by atoms with Gasteiger partial charge in [0.25, 0.3) is 0 Å². The van der Waals surface area contributed by atoms with Crippen molar-refractivity contribution in [3.63, 3.8) is 0 Å². The SMILES string of the molecule is CCCOc1ccc(CCc2c(F)cc(CCc3c(F)cc(CCC)cc3F)cc2F)cc1. The molecule has 0 heterocycles. The number of hydrogen-bond donors (Lipinski definition) is 0. The van der Waals surface area contributed by atoms with Crippen LogP contribution < -0.4 is 4.74 Å². The van der Waals surface area contributed by atoms with Crippen LogP contribution in [0.15, 0.2) is 48.5 Å². The second-order valence-electron chi connectivity index (χ2n) is 8.32. The summed E-state index contributed by atoms with van der Waals surface area (Å²) in [5, 5.41) is 0. The van der Waals surface area contributed by atoms with Gasteiger partial charge in [-0.3, -0.25) is 0 Å². The van der Waals surface area contributed by atoms with Crippen molar-refractivity contribution in [1.82, 2.24) is 0 Å². The zero-order chi connectivity index (χ0) is 23.8. The molecular weight excluding hydrogens is 428 g/mol. The standard InChI is InChI=1S/C28H30F4O/c1-3-5-20-15-25(29)24(26(30)16-20)13-9-21-17-27(31)23(28(32)18-21)12-8-19-6-10-22(11-7-19)33-14-4-2/h6-7,10-11,15-18H,3-5,8-9,12-14H2,1-2H3. The average Bonchev–Trinajstić information content (AvgIpc) is 2.77. The maximum absolute atomic E-state index is 14.6. The fourth-order valence-corrected chi connectivity index (χ4v) is 3.88. The molecule has 1 nitrogen and oxygen atoms in total. The highest BCUT2D eigenvalue weighted by Crippen LogP contribution is 2.22. The Bertz CT molecular complexity index is 1010. The Balaban J connectivity index is 1.63. The average molecular weight is 459 g/mol. The maximum Gasteiger partial charge on any atom is 0.129 e. The van der Waals surface area contributed by atoms with Gasteiger partial charge in [0, 0.05) is 11.1 Å². The van der Waals surface area contributed by atoms with E-state index in [-0.39, 0.29) is 30.4 Å². The molecule has 0 aliphatic heterocycles. The lowest BCUT2D eigenvalue weighted by Crippen LogP contribution is -2.04. The van der Waals surface area contributed by atoms with E-state index in [1.54, 1.807) is 0 Å². The van der Waals surface area contributed by atoms with Gasteiger partial charge in [0.05, 0.1) is 6.61 Å². The number of benzene rings is 3. The number of halogens is 4. The van der Waals surface area contributed by atoms with Gasteiger partial charge in [0.1, 0.15) is 29.0 Å². The Kier molecular flexibility index (Phi) is 8.93. The first kappa shape index (κ1) is 24.8. The fraction of sp³-hybridized carbons (Fsp3) is 0.357. The molecule has 0 N–H and O–H groups in total. The Morgan fingerprint density at radius 1 is 0.545 bits per heavy atom. The van der Waals surface area contributed by atoms with Crippen molar-refractivity contribution in [1.29, 1.82) is 0 Å². The highest BCUT2D eigenvalue weighted by Gasteiger charge is 2.15. The molecule has 0 saturated heterocycles. The summed E-state index contributed by atoms with van der Waals surface area (Å²) >= 11 is 0. The normalized spacial score (nSPS) is 11.1. The zero-order valence-corrected chi connectivity index (χ0v) is 19.2. The summed E-state index contributed by atoms with van der Waals surface area (Å²) in [5.41, 5.74) is 1.92. The molecule has 5 heteroatoms. The van der Waals surface area contributed by atoms with E-state index in [4.69, 9.17) is 4.74 Å². The van der Waals surface area contributed by atoms with Crippen molar-refractivity contribution in [2.45, 2.75) is 58.8 Å². The van der Waals surface area contributed by atoms with Crippen LogP contribution in [0.4, 0.5) is 17.6 Å². The first-order valence-electron chi connectivity index (χ1n) is 11.6. The molecule has 0 aliphatic rings. The largest absolute Gasteiger partial charge is 0.494 e. The molecule has 0 unspecified atom stereocenters. The van der Waals surface area contributed by atoms with Gasteiger partial charge < -0.3 is 4.74 Å². The number of aryl methyl sites for hydroxylation is 3. The topological polar surface area (TPSA) is 9.23 Å². The van der Waals surface area contributed by atoms with Gasteiger partial charge in [-0.2, -0.15) is 0 Å². The molecule has 3 aromatic rings. The Hall–Kier alpha value is -2.82.